The second kappa shape index (κ2) is 9.64. The molecule has 0 radical (unpaired) electrons. The van der Waals surface area contributed by atoms with Gasteiger partial charge in [0.05, 0.1) is 12.2 Å². The van der Waals surface area contributed by atoms with Crippen LogP contribution in [0, 0.1) is 6.92 Å². The van der Waals surface area contributed by atoms with E-state index in [0.717, 1.165) is 41.9 Å². The lowest BCUT2D eigenvalue weighted by atomic mass is 10.0. The molecule has 4 aromatic rings. The van der Waals surface area contributed by atoms with Crippen molar-refractivity contribution in [1.29, 1.82) is 0 Å². The molecule has 0 fully saturated rings. The van der Waals surface area contributed by atoms with Gasteiger partial charge in [-0.1, -0.05) is 35.9 Å². The number of hydrogen-bond donors (Lipinski definition) is 1. The molecule has 0 bridgehead atoms. The molecule has 0 spiro atoms. The van der Waals surface area contributed by atoms with Crippen molar-refractivity contribution in [2.75, 3.05) is 13.1 Å². The number of furan rings is 1. The average molecular weight is 491 g/mol. The SMILES string of the molecule is Cc1ccc(COc2cccc(C3=CCN(Cc4nc5cc(C(=O)O)oc5n4C)CC3)n2)c(P)c1. The summed E-state index contributed by atoms with van der Waals surface area (Å²) in [5, 5.41) is 10.2. The molecule has 1 N–H and O–H groups in total. The molecule has 1 aromatic carbocycles. The fourth-order valence-electron chi connectivity index (χ4n) is 4.23. The maximum atomic E-state index is 11.1. The number of imidazole rings is 1. The molecule has 35 heavy (non-hydrogen) atoms. The highest BCUT2D eigenvalue weighted by atomic mass is 31.0. The van der Waals surface area contributed by atoms with E-state index in [-0.39, 0.29) is 5.76 Å². The van der Waals surface area contributed by atoms with Gasteiger partial charge in [-0.15, -0.1) is 9.24 Å². The maximum absolute atomic E-state index is 11.1. The van der Waals surface area contributed by atoms with Gasteiger partial charge in [0.25, 0.3) is 0 Å². The van der Waals surface area contributed by atoms with Crippen molar-refractivity contribution in [3.8, 4) is 5.88 Å². The second-order valence-electron chi connectivity index (χ2n) is 8.76. The van der Waals surface area contributed by atoms with Crippen LogP contribution in [0.1, 0.15) is 39.6 Å². The van der Waals surface area contributed by atoms with Crippen LogP contribution in [0.3, 0.4) is 0 Å². The van der Waals surface area contributed by atoms with Crippen molar-refractivity contribution in [3.05, 3.63) is 76.9 Å². The van der Waals surface area contributed by atoms with Crippen LogP contribution in [0.5, 0.6) is 5.88 Å². The predicted molar refractivity (Wildman–Crippen MR) is 137 cm³/mol. The molecule has 1 atom stereocenters. The van der Waals surface area contributed by atoms with E-state index >= 15 is 0 Å². The Kier molecular flexibility index (Phi) is 6.41. The Hall–Kier alpha value is -3.48. The highest BCUT2D eigenvalue weighted by Crippen LogP contribution is 2.25. The summed E-state index contributed by atoms with van der Waals surface area (Å²) < 4.78 is 13.2. The number of fused-ring (bicyclic) bond motifs is 1. The molecule has 180 valence electrons. The van der Waals surface area contributed by atoms with Crippen LogP contribution in [0.25, 0.3) is 16.8 Å². The number of aryl methyl sites for hydroxylation is 2. The molecule has 0 amide bonds. The summed E-state index contributed by atoms with van der Waals surface area (Å²) in [7, 11) is 4.61. The minimum atomic E-state index is -1.09. The van der Waals surface area contributed by atoms with Crippen molar-refractivity contribution >= 4 is 37.3 Å². The van der Waals surface area contributed by atoms with Crippen molar-refractivity contribution in [3.63, 3.8) is 0 Å². The lowest BCUT2D eigenvalue weighted by Gasteiger charge is -2.25. The third-order valence-electron chi connectivity index (χ3n) is 6.23. The normalized spacial score (nSPS) is 14.3. The first-order valence-electron chi connectivity index (χ1n) is 11.4. The van der Waals surface area contributed by atoms with E-state index in [1.54, 1.807) is 0 Å². The summed E-state index contributed by atoms with van der Waals surface area (Å²) >= 11 is 0. The van der Waals surface area contributed by atoms with E-state index < -0.39 is 5.97 Å². The standard InChI is InChI=1S/C26H27N4O4P/c1-16-6-7-18(22(35)12-16)15-33-24-5-3-4-19(28-24)17-8-10-30(11-9-17)14-23-27-20-13-21(26(31)32)34-25(20)29(23)2/h3-8,12-13H,9-11,14-15,35H2,1-2H3,(H,31,32). The molecule has 0 saturated carbocycles. The fraction of sp³-hybridized carbons (Fsp3) is 0.269. The molecule has 3 aromatic heterocycles. The Morgan fingerprint density at radius 3 is 2.80 bits per heavy atom. The molecule has 4 heterocycles. The quantitative estimate of drug-likeness (QED) is 0.392. The topological polar surface area (TPSA) is 93.6 Å². The van der Waals surface area contributed by atoms with Crippen molar-refractivity contribution in [2.45, 2.75) is 26.5 Å². The van der Waals surface area contributed by atoms with Gasteiger partial charge < -0.3 is 18.8 Å². The molecular formula is C26H27N4O4P. The minimum absolute atomic E-state index is 0.0956. The van der Waals surface area contributed by atoms with Gasteiger partial charge in [-0.3, -0.25) is 4.90 Å². The number of carboxylic acid groups (broad SMARTS) is 1. The number of aromatic nitrogens is 3. The number of hydrogen-bond acceptors (Lipinski definition) is 6. The van der Waals surface area contributed by atoms with E-state index in [1.807, 2.05) is 29.8 Å². The first kappa shape index (κ1) is 23.3. The summed E-state index contributed by atoms with van der Waals surface area (Å²) in [6, 6.07) is 13.7. The maximum Gasteiger partial charge on any atom is 0.371 e. The third-order valence-corrected chi connectivity index (χ3v) is 6.77. The number of pyridine rings is 1. The first-order valence-corrected chi connectivity index (χ1v) is 12.0. The zero-order valence-electron chi connectivity index (χ0n) is 19.7. The molecule has 0 saturated heterocycles. The van der Waals surface area contributed by atoms with Crippen LogP contribution >= 0.6 is 9.24 Å². The van der Waals surface area contributed by atoms with Gasteiger partial charge in [-0.2, -0.15) is 0 Å². The largest absolute Gasteiger partial charge is 0.475 e. The summed E-state index contributed by atoms with van der Waals surface area (Å²) in [4.78, 5) is 22.7. The van der Waals surface area contributed by atoms with E-state index in [9.17, 15) is 4.79 Å². The smallest absolute Gasteiger partial charge is 0.371 e. The summed E-state index contributed by atoms with van der Waals surface area (Å²) in [6.45, 7) is 4.84. The van der Waals surface area contributed by atoms with E-state index in [0.29, 0.717) is 30.3 Å². The van der Waals surface area contributed by atoms with Gasteiger partial charge in [0.2, 0.25) is 17.4 Å². The Balaban J connectivity index is 1.23. The number of ether oxygens (including phenoxy) is 1. The van der Waals surface area contributed by atoms with Crippen LogP contribution < -0.4 is 10.0 Å². The molecule has 8 nitrogen and oxygen atoms in total. The highest BCUT2D eigenvalue weighted by molar-refractivity contribution is 7.27. The second-order valence-corrected chi connectivity index (χ2v) is 9.38. The summed E-state index contributed by atoms with van der Waals surface area (Å²) in [5.41, 5.74) is 5.53. The Morgan fingerprint density at radius 2 is 2.09 bits per heavy atom. The van der Waals surface area contributed by atoms with Crippen LogP contribution in [0.2, 0.25) is 0 Å². The lowest BCUT2D eigenvalue weighted by Crippen LogP contribution is -2.29. The minimum Gasteiger partial charge on any atom is -0.475 e. The van der Waals surface area contributed by atoms with Gasteiger partial charge in [-0.05, 0) is 35.9 Å². The van der Waals surface area contributed by atoms with Crippen LogP contribution in [0.4, 0.5) is 0 Å². The molecule has 5 rings (SSSR count). The molecule has 1 unspecified atom stereocenters. The van der Waals surface area contributed by atoms with Gasteiger partial charge in [0.1, 0.15) is 17.9 Å². The number of benzene rings is 1. The van der Waals surface area contributed by atoms with Gasteiger partial charge in [0.15, 0.2) is 0 Å². The van der Waals surface area contributed by atoms with Crippen LogP contribution in [-0.4, -0.2) is 43.6 Å². The first-order chi connectivity index (χ1) is 16.9. The zero-order chi connectivity index (χ0) is 24.5. The average Bonchev–Trinajstić information content (AvgIpc) is 3.39. The van der Waals surface area contributed by atoms with Crippen molar-refractivity contribution in [2.24, 2.45) is 7.05 Å². The van der Waals surface area contributed by atoms with Gasteiger partial charge in [0, 0.05) is 32.3 Å². The number of carboxylic acids is 1. The fourth-order valence-corrected chi connectivity index (χ4v) is 4.67. The monoisotopic (exact) mass is 490 g/mol. The summed E-state index contributed by atoms with van der Waals surface area (Å²) in [5.74, 6) is 0.269. The van der Waals surface area contributed by atoms with Gasteiger partial charge >= 0.3 is 5.97 Å². The summed E-state index contributed by atoms with van der Waals surface area (Å²) in [6.07, 6.45) is 3.07. The number of nitrogens with zero attached hydrogens (tertiary/aromatic N) is 4. The molecule has 1 aliphatic heterocycles. The van der Waals surface area contributed by atoms with Crippen molar-refractivity contribution < 1.29 is 19.1 Å². The molecule has 0 aliphatic carbocycles. The molecule has 1 aliphatic rings. The Morgan fingerprint density at radius 1 is 1.23 bits per heavy atom. The molecule has 9 heteroatoms. The molecular weight excluding hydrogens is 463 g/mol. The Labute approximate surface area is 205 Å². The van der Waals surface area contributed by atoms with Crippen LogP contribution in [0.15, 0.2) is 53.0 Å². The van der Waals surface area contributed by atoms with E-state index in [4.69, 9.17) is 19.2 Å². The zero-order valence-corrected chi connectivity index (χ0v) is 20.8. The lowest BCUT2D eigenvalue weighted by molar-refractivity contribution is 0.0664. The Bertz CT molecular complexity index is 1440. The third kappa shape index (κ3) is 4.99. The van der Waals surface area contributed by atoms with E-state index in [2.05, 4.69) is 50.3 Å². The van der Waals surface area contributed by atoms with Crippen LogP contribution in [-0.2, 0) is 20.2 Å². The number of rotatable bonds is 7. The number of carbonyl (C=O) groups is 1. The highest BCUT2D eigenvalue weighted by Gasteiger charge is 2.20. The van der Waals surface area contributed by atoms with Gasteiger partial charge in [-0.25, -0.2) is 14.8 Å². The van der Waals surface area contributed by atoms with Crippen molar-refractivity contribution in [1.82, 2.24) is 19.4 Å². The van der Waals surface area contributed by atoms with E-state index in [1.165, 1.54) is 17.2 Å². The number of aromatic carboxylic acids is 1. The predicted octanol–water partition coefficient (Wildman–Crippen LogP) is 3.94.